The number of anilines is 1. The van der Waals surface area contributed by atoms with Crippen molar-refractivity contribution in [2.75, 3.05) is 11.9 Å². The van der Waals surface area contributed by atoms with E-state index in [-0.39, 0.29) is 17.2 Å². The molecule has 0 saturated carbocycles. The summed E-state index contributed by atoms with van der Waals surface area (Å²) in [5, 5.41) is 4.33. The molecular weight excluding hydrogens is 325 g/mol. The zero-order valence-electron chi connectivity index (χ0n) is 9.00. The minimum absolute atomic E-state index is 0.0447. The standard InChI is InChI=1S/C10H9BrFN3O2S/c11-5-2-1-3-6(12)8(5)15-10(17)9(16)14-4-7(13)18/h1-3H,4H2,(H2,13,18)(H,14,16)(H,15,17). The van der Waals surface area contributed by atoms with Gasteiger partial charge in [-0.05, 0) is 28.1 Å². The van der Waals surface area contributed by atoms with Crippen LogP contribution >= 0.6 is 28.1 Å². The Morgan fingerprint density at radius 3 is 2.61 bits per heavy atom. The van der Waals surface area contributed by atoms with Crippen molar-refractivity contribution in [2.24, 2.45) is 5.73 Å². The molecule has 0 spiro atoms. The van der Waals surface area contributed by atoms with Crippen LogP contribution in [0.1, 0.15) is 0 Å². The molecule has 96 valence electrons. The van der Waals surface area contributed by atoms with Crippen LogP contribution in [0, 0.1) is 5.82 Å². The van der Waals surface area contributed by atoms with Crippen LogP contribution < -0.4 is 16.4 Å². The molecule has 4 N–H and O–H groups in total. The van der Waals surface area contributed by atoms with Gasteiger partial charge in [-0.25, -0.2) is 4.39 Å². The molecule has 0 radical (unpaired) electrons. The third-order valence-corrected chi connectivity index (χ3v) is 2.64. The maximum Gasteiger partial charge on any atom is 0.313 e. The Balaban J connectivity index is 2.70. The Labute approximate surface area is 116 Å². The quantitative estimate of drug-likeness (QED) is 0.567. The van der Waals surface area contributed by atoms with Crippen molar-refractivity contribution >= 4 is 50.6 Å². The number of halogens is 2. The molecule has 0 bridgehead atoms. The van der Waals surface area contributed by atoms with Crippen LogP contribution in [0.25, 0.3) is 0 Å². The number of carbonyl (C=O) groups is 2. The Bertz CT molecular complexity index is 490. The Morgan fingerprint density at radius 1 is 1.39 bits per heavy atom. The lowest BCUT2D eigenvalue weighted by molar-refractivity contribution is -0.136. The van der Waals surface area contributed by atoms with Crippen LogP contribution in [0.15, 0.2) is 22.7 Å². The summed E-state index contributed by atoms with van der Waals surface area (Å²) in [5.41, 5.74) is 5.06. The van der Waals surface area contributed by atoms with Gasteiger partial charge in [0, 0.05) is 4.47 Å². The first-order valence-corrected chi connectivity index (χ1v) is 5.93. The van der Waals surface area contributed by atoms with Crippen LogP contribution in [-0.4, -0.2) is 23.3 Å². The molecule has 0 aliphatic carbocycles. The van der Waals surface area contributed by atoms with Gasteiger partial charge in [0.15, 0.2) is 0 Å². The van der Waals surface area contributed by atoms with E-state index in [0.717, 1.165) is 6.07 Å². The molecule has 0 unspecified atom stereocenters. The first-order chi connectivity index (χ1) is 8.41. The number of hydrogen-bond donors (Lipinski definition) is 3. The van der Waals surface area contributed by atoms with E-state index >= 15 is 0 Å². The smallest absolute Gasteiger partial charge is 0.313 e. The summed E-state index contributed by atoms with van der Waals surface area (Å²) in [7, 11) is 0. The second kappa shape index (κ2) is 6.41. The highest BCUT2D eigenvalue weighted by Crippen LogP contribution is 2.24. The number of thiocarbonyl (C=S) groups is 1. The summed E-state index contributed by atoms with van der Waals surface area (Å²) >= 11 is 7.60. The number of benzene rings is 1. The van der Waals surface area contributed by atoms with E-state index in [2.05, 4.69) is 38.8 Å². The molecule has 2 amide bonds. The SMILES string of the molecule is NC(=S)CNC(=O)C(=O)Nc1c(F)cccc1Br. The molecule has 0 aliphatic heterocycles. The number of hydrogen-bond acceptors (Lipinski definition) is 3. The predicted molar refractivity (Wildman–Crippen MR) is 72.5 cm³/mol. The molecule has 1 aromatic carbocycles. The van der Waals surface area contributed by atoms with E-state index in [1.807, 2.05) is 0 Å². The van der Waals surface area contributed by atoms with Gasteiger partial charge in [-0.15, -0.1) is 0 Å². The highest BCUT2D eigenvalue weighted by Gasteiger charge is 2.16. The minimum Gasteiger partial charge on any atom is -0.392 e. The fourth-order valence-electron chi connectivity index (χ4n) is 1.04. The summed E-state index contributed by atoms with van der Waals surface area (Å²) in [6.45, 7) is -0.0972. The topological polar surface area (TPSA) is 84.2 Å². The van der Waals surface area contributed by atoms with E-state index in [0.29, 0.717) is 4.47 Å². The van der Waals surface area contributed by atoms with Gasteiger partial charge < -0.3 is 16.4 Å². The lowest BCUT2D eigenvalue weighted by atomic mass is 10.3. The largest absolute Gasteiger partial charge is 0.392 e. The number of nitrogens with two attached hydrogens (primary N) is 1. The zero-order chi connectivity index (χ0) is 13.7. The fourth-order valence-corrected chi connectivity index (χ4v) is 1.55. The third kappa shape index (κ3) is 4.04. The molecule has 0 fully saturated rings. The molecule has 0 aromatic heterocycles. The first kappa shape index (κ1) is 14.5. The molecule has 0 aliphatic rings. The molecule has 5 nitrogen and oxygen atoms in total. The summed E-state index contributed by atoms with van der Waals surface area (Å²) in [5.74, 6) is -2.60. The van der Waals surface area contributed by atoms with E-state index in [1.165, 1.54) is 12.1 Å². The monoisotopic (exact) mass is 333 g/mol. The van der Waals surface area contributed by atoms with Crippen molar-refractivity contribution in [3.8, 4) is 0 Å². The second-order valence-electron chi connectivity index (χ2n) is 3.20. The van der Waals surface area contributed by atoms with Crippen molar-refractivity contribution in [3.05, 3.63) is 28.5 Å². The van der Waals surface area contributed by atoms with Crippen LogP contribution in [0.2, 0.25) is 0 Å². The van der Waals surface area contributed by atoms with Crippen LogP contribution in [0.4, 0.5) is 10.1 Å². The average molecular weight is 334 g/mol. The van der Waals surface area contributed by atoms with Crippen molar-refractivity contribution in [1.82, 2.24) is 5.32 Å². The van der Waals surface area contributed by atoms with E-state index in [4.69, 9.17) is 5.73 Å². The van der Waals surface area contributed by atoms with E-state index < -0.39 is 17.6 Å². The zero-order valence-corrected chi connectivity index (χ0v) is 11.4. The molecule has 0 atom stereocenters. The maximum atomic E-state index is 13.4. The Morgan fingerprint density at radius 2 is 2.06 bits per heavy atom. The number of para-hydroxylation sites is 1. The van der Waals surface area contributed by atoms with Crippen LogP contribution in [0.3, 0.4) is 0 Å². The Hall–Kier alpha value is -1.54. The molecular formula is C10H9BrFN3O2S. The van der Waals surface area contributed by atoms with Gasteiger partial charge in [0.1, 0.15) is 5.82 Å². The number of nitrogens with one attached hydrogen (secondary N) is 2. The van der Waals surface area contributed by atoms with Crippen LogP contribution in [-0.2, 0) is 9.59 Å². The van der Waals surface area contributed by atoms with E-state index in [1.54, 1.807) is 0 Å². The lowest BCUT2D eigenvalue weighted by Crippen LogP contribution is -2.39. The van der Waals surface area contributed by atoms with Gasteiger partial charge in [-0.3, -0.25) is 9.59 Å². The summed E-state index contributed by atoms with van der Waals surface area (Å²) in [6, 6.07) is 4.15. The highest BCUT2D eigenvalue weighted by atomic mass is 79.9. The lowest BCUT2D eigenvalue weighted by Gasteiger charge is -2.08. The predicted octanol–water partition coefficient (Wildman–Crippen LogP) is 0.929. The number of carbonyl (C=O) groups excluding carboxylic acids is 2. The normalized spacial score (nSPS) is 9.67. The van der Waals surface area contributed by atoms with Gasteiger partial charge >= 0.3 is 11.8 Å². The average Bonchev–Trinajstić information content (AvgIpc) is 2.30. The van der Waals surface area contributed by atoms with Crippen LogP contribution in [0.5, 0.6) is 0 Å². The first-order valence-electron chi connectivity index (χ1n) is 4.73. The van der Waals surface area contributed by atoms with Gasteiger partial charge in [-0.1, -0.05) is 18.3 Å². The summed E-state index contributed by atoms with van der Waals surface area (Å²) < 4.78 is 13.7. The fraction of sp³-hybridized carbons (Fsp3) is 0.100. The van der Waals surface area contributed by atoms with Gasteiger partial charge in [0.05, 0.1) is 17.2 Å². The third-order valence-electron chi connectivity index (χ3n) is 1.83. The molecule has 0 saturated heterocycles. The van der Waals surface area contributed by atoms with Crippen molar-refractivity contribution in [3.63, 3.8) is 0 Å². The number of rotatable bonds is 3. The maximum absolute atomic E-state index is 13.4. The number of amides is 2. The Kier molecular flexibility index (Phi) is 5.17. The molecule has 1 rings (SSSR count). The van der Waals surface area contributed by atoms with Crippen molar-refractivity contribution in [2.45, 2.75) is 0 Å². The highest BCUT2D eigenvalue weighted by molar-refractivity contribution is 9.10. The van der Waals surface area contributed by atoms with Gasteiger partial charge in [0.25, 0.3) is 0 Å². The van der Waals surface area contributed by atoms with Gasteiger partial charge in [-0.2, -0.15) is 0 Å². The van der Waals surface area contributed by atoms with Crippen molar-refractivity contribution < 1.29 is 14.0 Å². The molecule has 1 aromatic rings. The van der Waals surface area contributed by atoms with E-state index in [9.17, 15) is 14.0 Å². The summed E-state index contributed by atoms with van der Waals surface area (Å²) in [6.07, 6.45) is 0. The second-order valence-corrected chi connectivity index (χ2v) is 4.58. The molecule has 0 heterocycles. The molecule has 18 heavy (non-hydrogen) atoms. The summed E-state index contributed by atoms with van der Waals surface area (Å²) in [4.78, 5) is 22.8. The van der Waals surface area contributed by atoms with Crippen molar-refractivity contribution in [1.29, 1.82) is 0 Å². The molecule has 8 heteroatoms. The van der Waals surface area contributed by atoms with Gasteiger partial charge in [0.2, 0.25) is 0 Å². The minimum atomic E-state index is -1.00.